The van der Waals surface area contributed by atoms with Gasteiger partial charge in [0.25, 0.3) is 0 Å². The third-order valence-corrected chi connectivity index (χ3v) is 4.99. The number of sulfone groups is 1. The summed E-state index contributed by atoms with van der Waals surface area (Å²) in [5, 5.41) is 3.39. The van der Waals surface area contributed by atoms with Crippen LogP contribution >= 0.6 is 15.9 Å². The van der Waals surface area contributed by atoms with E-state index in [4.69, 9.17) is 0 Å². The average molecular weight is 319 g/mol. The van der Waals surface area contributed by atoms with Gasteiger partial charge in [0.2, 0.25) is 0 Å². The van der Waals surface area contributed by atoms with Gasteiger partial charge in [-0.05, 0) is 47.4 Å². The van der Waals surface area contributed by atoms with Gasteiger partial charge in [0, 0.05) is 6.04 Å². The van der Waals surface area contributed by atoms with E-state index in [2.05, 4.69) is 26.2 Å². The molecule has 0 aromatic carbocycles. The second-order valence-corrected chi connectivity index (χ2v) is 7.02. The molecular weight excluding hydrogens is 304 g/mol. The van der Waals surface area contributed by atoms with Crippen LogP contribution in [-0.2, 0) is 9.84 Å². The fourth-order valence-corrected chi connectivity index (χ4v) is 3.95. The summed E-state index contributed by atoms with van der Waals surface area (Å²) in [4.78, 5) is 4.01. The molecule has 1 saturated heterocycles. The van der Waals surface area contributed by atoms with Crippen LogP contribution in [0.3, 0.4) is 0 Å². The first kappa shape index (κ1) is 13.0. The maximum Gasteiger partial charge on any atom is 0.197 e. The molecule has 1 atom stereocenters. The number of pyridine rings is 1. The van der Waals surface area contributed by atoms with E-state index < -0.39 is 9.84 Å². The minimum absolute atomic E-state index is 0.0644. The molecule has 0 amide bonds. The molecule has 1 fully saturated rings. The first-order chi connectivity index (χ1) is 8.08. The molecule has 17 heavy (non-hydrogen) atoms. The van der Waals surface area contributed by atoms with Crippen molar-refractivity contribution in [2.75, 3.05) is 12.3 Å². The Morgan fingerprint density at radius 1 is 1.41 bits per heavy atom. The molecule has 1 aliphatic heterocycles. The molecule has 1 N–H and O–H groups in total. The summed E-state index contributed by atoms with van der Waals surface area (Å²) in [7, 11) is -3.29. The number of nitrogens with zero attached hydrogens (tertiary/aromatic N) is 1. The van der Waals surface area contributed by atoms with Crippen molar-refractivity contribution in [3.8, 4) is 0 Å². The second kappa shape index (κ2) is 5.46. The van der Waals surface area contributed by atoms with Crippen LogP contribution in [0.4, 0.5) is 0 Å². The summed E-state index contributed by atoms with van der Waals surface area (Å²) < 4.78 is 24.8. The van der Waals surface area contributed by atoms with Crippen molar-refractivity contribution in [3.05, 3.63) is 22.8 Å². The summed E-state index contributed by atoms with van der Waals surface area (Å²) >= 11 is 3.19. The van der Waals surface area contributed by atoms with Crippen molar-refractivity contribution < 1.29 is 8.42 Å². The molecule has 0 bridgehead atoms. The highest BCUT2D eigenvalue weighted by Crippen LogP contribution is 2.16. The Bertz CT molecular complexity index is 484. The molecule has 0 spiro atoms. The van der Waals surface area contributed by atoms with Crippen LogP contribution < -0.4 is 5.32 Å². The lowest BCUT2D eigenvalue weighted by Crippen LogP contribution is -2.39. The summed E-state index contributed by atoms with van der Waals surface area (Å²) in [6, 6.07) is 5.02. The number of piperidine rings is 1. The van der Waals surface area contributed by atoms with Crippen LogP contribution in [-0.4, -0.2) is 31.7 Å². The van der Waals surface area contributed by atoms with E-state index >= 15 is 0 Å². The summed E-state index contributed by atoms with van der Waals surface area (Å²) in [5.74, 6) is 0.135. The van der Waals surface area contributed by atoms with E-state index in [1.807, 2.05) is 0 Å². The van der Waals surface area contributed by atoms with Crippen molar-refractivity contribution >= 4 is 25.8 Å². The Morgan fingerprint density at radius 2 is 2.24 bits per heavy atom. The zero-order valence-electron chi connectivity index (χ0n) is 9.39. The minimum atomic E-state index is -3.29. The fourth-order valence-electron chi connectivity index (χ4n) is 1.98. The van der Waals surface area contributed by atoms with E-state index in [0.717, 1.165) is 25.8 Å². The Balaban J connectivity index is 2.13. The van der Waals surface area contributed by atoms with Gasteiger partial charge in [-0.3, -0.25) is 0 Å². The quantitative estimate of drug-likeness (QED) is 0.863. The van der Waals surface area contributed by atoms with Gasteiger partial charge in [-0.15, -0.1) is 0 Å². The second-order valence-electron chi connectivity index (χ2n) is 4.23. The van der Waals surface area contributed by atoms with Crippen LogP contribution in [0.2, 0.25) is 0 Å². The lowest BCUT2D eigenvalue weighted by Gasteiger charge is -2.22. The van der Waals surface area contributed by atoms with Gasteiger partial charge in [0.15, 0.2) is 14.9 Å². The van der Waals surface area contributed by atoms with E-state index in [1.54, 1.807) is 18.2 Å². The molecule has 1 unspecified atom stereocenters. The van der Waals surface area contributed by atoms with E-state index in [9.17, 15) is 8.42 Å². The van der Waals surface area contributed by atoms with Gasteiger partial charge in [-0.25, -0.2) is 13.4 Å². The van der Waals surface area contributed by atoms with Gasteiger partial charge in [-0.1, -0.05) is 12.5 Å². The number of aromatic nitrogens is 1. The smallest absolute Gasteiger partial charge is 0.197 e. The van der Waals surface area contributed by atoms with Crippen molar-refractivity contribution in [2.24, 2.45) is 0 Å². The van der Waals surface area contributed by atoms with Crippen molar-refractivity contribution in [1.82, 2.24) is 10.3 Å². The molecule has 6 heteroatoms. The average Bonchev–Trinajstić information content (AvgIpc) is 2.30. The molecule has 1 aromatic heterocycles. The zero-order valence-corrected chi connectivity index (χ0v) is 11.8. The summed E-state index contributed by atoms with van der Waals surface area (Å²) in [5.41, 5.74) is 0. The maximum atomic E-state index is 12.1. The number of hydrogen-bond donors (Lipinski definition) is 1. The third-order valence-electron chi connectivity index (χ3n) is 2.84. The lowest BCUT2D eigenvalue weighted by molar-refractivity contribution is 0.423. The molecule has 94 valence electrons. The molecule has 0 saturated carbocycles. The molecule has 0 aliphatic carbocycles. The van der Waals surface area contributed by atoms with Gasteiger partial charge < -0.3 is 5.32 Å². The van der Waals surface area contributed by atoms with Gasteiger partial charge >= 0.3 is 0 Å². The maximum absolute atomic E-state index is 12.1. The first-order valence-corrected chi connectivity index (χ1v) is 8.11. The van der Waals surface area contributed by atoms with Crippen molar-refractivity contribution in [1.29, 1.82) is 0 Å². The van der Waals surface area contributed by atoms with Crippen LogP contribution in [0.25, 0.3) is 0 Å². The van der Waals surface area contributed by atoms with Crippen molar-refractivity contribution in [2.45, 2.75) is 30.3 Å². The normalized spacial score (nSPS) is 21.4. The predicted octanol–water partition coefficient (Wildman–Crippen LogP) is 1.76. The lowest BCUT2D eigenvalue weighted by atomic mass is 10.1. The predicted molar refractivity (Wildman–Crippen MR) is 69.6 cm³/mol. The fraction of sp³-hybridized carbons (Fsp3) is 0.545. The van der Waals surface area contributed by atoms with Gasteiger partial charge in [0.1, 0.15) is 4.60 Å². The van der Waals surface area contributed by atoms with Crippen LogP contribution in [0.5, 0.6) is 0 Å². The Hall–Kier alpha value is -0.460. The van der Waals surface area contributed by atoms with E-state index in [1.165, 1.54) is 0 Å². The zero-order chi connectivity index (χ0) is 12.3. The Labute approximate surface area is 110 Å². The number of halogens is 1. The molecule has 0 radical (unpaired) electrons. The largest absolute Gasteiger partial charge is 0.313 e. The van der Waals surface area contributed by atoms with Crippen molar-refractivity contribution in [3.63, 3.8) is 0 Å². The van der Waals surface area contributed by atoms with Crippen LogP contribution in [0, 0.1) is 0 Å². The topological polar surface area (TPSA) is 59.1 Å². The van der Waals surface area contributed by atoms with Crippen LogP contribution in [0.15, 0.2) is 27.8 Å². The van der Waals surface area contributed by atoms with E-state index in [-0.39, 0.29) is 16.8 Å². The third kappa shape index (κ3) is 3.50. The SMILES string of the molecule is O=S(=O)(CC1CCCCN1)c1cccc(Br)n1. The monoisotopic (exact) mass is 318 g/mol. The highest BCUT2D eigenvalue weighted by molar-refractivity contribution is 9.10. The standard InChI is InChI=1S/C11H15BrN2O2S/c12-10-5-3-6-11(14-10)17(15,16)8-9-4-1-2-7-13-9/h3,5-6,9,13H,1-2,4,7-8H2. The first-order valence-electron chi connectivity index (χ1n) is 5.67. The van der Waals surface area contributed by atoms with Gasteiger partial charge in [0.05, 0.1) is 5.75 Å². The number of nitrogens with one attached hydrogen (secondary N) is 1. The molecule has 2 heterocycles. The molecule has 2 rings (SSSR count). The summed E-state index contributed by atoms with van der Waals surface area (Å²) in [6.07, 6.45) is 3.15. The van der Waals surface area contributed by atoms with Crippen LogP contribution in [0.1, 0.15) is 19.3 Å². The molecule has 4 nitrogen and oxygen atoms in total. The Kier molecular flexibility index (Phi) is 4.17. The summed E-state index contributed by atoms with van der Waals surface area (Å²) in [6.45, 7) is 0.909. The highest BCUT2D eigenvalue weighted by Gasteiger charge is 2.23. The molecule has 1 aliphatic rings. The molecular formula is C11H15BrN2O2S. The highest BCUT2D eigenvalue weighted by atomic mass is 79.9. The number of rotatable bonds is 3. The minimum Gasteiger partial charge on any atom is -0.313 e. The van der Waals surface area contributed by atoms with Gasteiger partial charge in [-0.2, -0.15) is 0 Å². The Morgan fingerprint density at radius 3 is 2.88 bits per heavy atom. The van der Waals surface area contributed by atoms with E-state index in [0.29, 0.717) is 4.60 Å². The number of hydrogen-bond acceptors (Lipinski definition) is 4. The molecule has 1 aromatic rings.